The average molecular weight is 296 g/mol. The number of hydrogen-bond donors (Lipinski definition) is 1. The molecule has 0 aliphatic rings. The summed E-state index contributed by atoms with van der Waals surface area (Å²) < 4.78 is 64.0. The fraction of sp³-hybridized carbons (Fsp3) is 0.538. The van der Waals surface area contributed by atoms with E-state index in [0.717, 1.165) is 11.0 Å². The van der Waals surface area contributed by atoms with Crippen LogP contribution in [0.4, 0.5) is 22.0 Å². The van der Waals surface area contributed by atoms with Crippen LogP contribution < -0.4 is 5.73 Å². The Morgan fingerprint density at radius 3 is 2.30 bits per heavy atom. The smallest absolute Gasteiger partial charge is 0.323 e. The van der Waals surface area contributed by atoms with E-state index in [0.29, 0.717) is 0 Å². The maximum atomic E-state index is 13.5. The highest BCUT2D eigenvalue weighted by atomic mass is 19.4. The molecule has 0 radical (unpaired) electrons. The Kier molecular flexibility index (Phi) is 5.47. The van der Waals surface area contributed by atoms with Gasteiger partial charge in [-0.25, -0.2) is 8.78 Å². The van der Waals surface area contributed by atoms with Gasteiger partial charge in [0.05, 0.1) is 6.54 Å². The fourth-order valence-corrected chi connectivity index (χ4v) is 1.85. The summed E-state index contributed by atoms with van der Waals surface area (Å²) in [5.74, 6) is -2.18. The van der Waals surface area contributed by atoms with Crippen molar-refractivity contribution in [3.8, 4) is 0 Å². The van der Waals surface area contributed by atoms with E-state index in [-0.39, 0.29) is 12.1 Å². The molecule has 20 heavy (non-hydrogen) atoms. The van der Waals surface area contributed by atoms with Crippen molar-refractivity contribution < 1.29 is 22.0 Å². The summed E-state index contributed by atoms with van der Waals surface area (Å²) in [6.45, 7) is 1.81. The summed E-state index contributed by atoms with van der Waals surface area (Å²) >= 11 is 0. The molecule has 2 N–H and O–H groups in total. The molecule has 1 aromatic carbocycles. The lowest BCUT2D eigenvalue weighted by atomic mass is 10.1. The first-order valence-electron chi connectivity index (χ1n) is 6.12. The summed E-state index contributed by atoms with van der Waals surface area (Å²) in [6.07, 6.45) is -4.37. The number of alkyl halides is 3. The second-order valence-electron chi connectivity index (χ2n) is 4.89. The Morgan fingerprint density at radius 2 is 1.80 bits per heavy atom. The van der Waals surface area contributed by atoms with Crippen molar-refractivity contribution >= 4 is 0 Å². The molecule has 0 saturated carbocycles. The zero-order valence-corrected chi connectivity index (χ0v) is 11.2. The Balaban J connectivity index is 2.86. The van der Waals surface area contributed by atoms with Crippen LogP contribution in [0.15, 0.2) is 18.2 Å². The lowest BCUT2D eigenvalue weighted by molar-refractivity contribution is -0.150. The number of nitrogens with two attached hydrogens (primary N) is 1. The highest BCUT2D eigenvalue weighted by Gasteiger charge is 2.32. The van der Waals surface area contributed by atoms with Crippen molar-refractivity contribution in [3.63, 3.8) is 0 Å². The monoisotopic (exact) mass is 296 g/mol. The summed E-state index contributed by atoms with van der Waals surface area (Å²) in [5, 5.41) is 0. The van der Waals surface area contributed by atoms with E-state index in [2.05, 4.69) is 0 Å². The lowest BCUT2D eigenvalue weighted by Crippen LogP contribution is -2.43. The minimum absolute atomic E-state index is 0.127. The molecule has 1 rings (SSSR count). The van der Waals surface area contributed by atoms with Crippen LogP contribution in [-0.2, 0) is 0 Å². The average Bonchev–Trinajstić information content (AvgIpc) is 2.29. The van der Waals surface area contributed by atoms with Crippen molar-refractivity contribution in [1.82, 2.24) is 4.90 Å². The van der Waals surface area contributed by atoms with E-state index in [4.69, 9.17) is 5.73 Å². The number of benzene rings is 1. The van der Waals surface area contributed by atoms with Crippen LogP contribution in [0.2, 0.25) is 0 Å². The highest BCUT2D eigenvalue weighted by Crippen LogP contribution is 2.22. The van der Waals surface area contributed by atoms with Gasteiger partial charge in [0.25, 0.3) is 0 Å². The summed E-state index contributed by atoms with van der Waals surface area (Å²) in [7, 11) is 0. The van der Waals surface area contributed by atoms with Gasteiger partial charge in [-0.1, -0.05) is 12.1 Å². The standard InChI is InChI=1S/C13H17F5N2/c1-8(2)20(7-13(16,17)18)6-11(19)9-4-3-5-10(14)12(9)15/h3-5,8,11H,6-7,19H2,1-2H3. The first-order chi connectivity index (χ1) is 9.11. The Labute approximate surface area is 114 Å². The summed E-state index contributed by atoms with van der Waals surface area (Å²) in [5.41, 5.74) is 5.58. The maximum absolute atomic E-state index is 13.5. The maximum Gasteiger partial charge on any atom is 0.401 e. The molecule has 2 nitrogen and oxygen atoms in total. The van der Waals surface area contributed by atoms with Crippen LogP contribution in [0.25, 0.3) is 0 Å². The molecule has 0 aliphatic carbocycles. The predicted molar refractivity (Wildman–Crippen MR) is 66.1 cm³/mol. The molecule has 0 aromatic heterocycles. The normalized spacial score (nSPS) is 14.1. The van der Waals surface area contributed by atoms with E-state index in [9.17, 15) is 22.0 Å². The van der Waals surface area contributed by atoms with Crippen LogP contribution in [0, 0.1) is 11.6 Å². The third-order valence-corrected chi connectivity index (χ3v) is 2.92. The van der Waals surface area contributed by atoms with Crippen LogP contribution in [0.5, 0.6) is 0 Å². The lowest BCUT2D eigenvalue weighted by Gasteiger charge is -2.30. The third kappa shape index (κ3) is 4.72. The summed E-state index contributed by atoms with van der Waals surface area (Å²) in [4.78, 5) is 1.08. The zero-order chi connectivity index (χ0) is 15.5. The molecule has 7 heteroatoms. The van der Waals surface area contributed by atoms with Gasteiger partial charge in [-0.2, -0.15) is 13.2 Å². The molecule has 0 saturated heterocycles. The second kappa shape index (κ2) is 6.49. The molecular weight excluding hydrogens is 279 g/mol. The quantitative estimate of drug-likeness (QED) is 0.845. The van der Waals surface area contributed by atoms with Gasteiger partial charge in [0, 0.05) is 24.2 Å². The van der Waals surface area contributed by atoms with Crippen molar-refractivity contribution in [3.05, 3.63) is 35.4 Å². The van der Waals surface area contributed by atoms with Gasteiger partial charge in [-0.05, 0) is 19.9 Å². The zero-order valence-electron chi connectivity index (χ0n) is 11.2. The van der Waals surface area contributed by atoms with Crippen molar-refractivity contribution in [1.29, 1.82) is 0 Å². The first kappa shape index (κ1) is 16.8. The van der Waals surface area contributed by atoms with Crippen LogP contribution in [-0.4, -0.2) is 30.2 Å². The molecule has 0 bridgehead atoms. The first-order valence-corrected chi connectivity index (χ1v) is 6.12. The van der Waals surface area contributed by atoms with Crippen LogP contribution in [0.1, 0.15) is 25.5 Å². The van der Waals surface area contributed by atoms with E-state index in [1.165, 1.54) is 12.1 Å². The van der Waals surface area contributed by atoms with Gasteiger partial charge < -0.3 is 5.73 Å². The number of nitrogens with zero attached hydrogens (tertiary/aromatic N) is 1. The molecule has 1 unspecified atom stereocenters. The molecule has 0 amide bonds. The molecule has 1 atom stereocenters. The molecule has 0 spiro atoms. The second-order valence-corrected chi connectivity index (χ2v) is 4.89. The van der Waals surface area contributed by atoms with Gasteiger partial charge in [0.2, 0.25) is 0 Å². The minimum Gasteiger partial charge on any atom is -0.323 e. The predicted octanol–water partition coefficient (Wildman–Crippen LogP) is 3.24. The topological polar surface area (TPSA) is 29.3 Å². The molecule has 114 valence electrons. The third-order valence-electron chi connectivity index (χ3n) is 2.92. The molecule has 1 aromatic rings. The van der Waals surface area contributed by atoms with Crippen molar-refractivity contribution in [2.75, 3.05) is 13.1 Å². The molecular formula is C13H17F5N2. The van der Waals surface area contributed by atoms with E-state index in [1.54, 1.807) is 13.8 Å². The van der Waals surface area contributed by atoms with E-state index >= 15 is 0 Å². The van der Waals surface area contributed by atoms with Crippen molar-refractivity contribution in [2.24, 2.45) is 5.73 Å². The molecule has 0 fully saturated rings. The number of hydrogen-bond acceptors (Lipinski definition) is 2. The summed E-state index contributed by atoms with van der Waals surface area (Å²) in [6, 6.07) is 2.03. The van der Waals surface area contributed by atoms with Crippen LogP contribution in [0.3, 0.4) is 0 Å². The van der Waals surface area contributed by atoms with Gasteiger partial charge in [0.1, 0.15) is 0 Å². The minimum atomic E-state index is -4.37. The van der Waals surface area contributed by atoms with Gasteiger partial charge in [0.15, 0.2) is 11.6 Å². The molecule has 0 aliphatic heterocycles. The van der Waals surface area contributed by atoms with Gasteiger partial charge >= 0.3 is 6.18 Å². The number of halogens is 5. The highest BCUT2D eigenvalue weighted by molar-refractivity contribution is 5.22. The Hall–Kier alpha value is -1.21. The Morgan fingerprint density at radius 1 is 1.20 bits per heavy atom. The Bertz CT molecular complexity index is 445. The van der Waals surface area contributed by atoms with Crippen LogP contribution >= 0.6 is 0 Å². The fourth-order valence-electron chi connectivity index (χ4n) is 1.85. The largest absolute Gasteiger partial charge is 0.401 e. The van der Waals surface area contributed by atoms with Gasteiger partial charge in [-0.3, -0.25) is 4.90 Å². The van der Waals surface area contributed by atoms with E-state index in [1.807, 2.05) is 0 Å². The molecule has 0 heterocycles. The van der Waals surface area contributed by atoms with Crippen molar-refractivity contribution in [2.45, 2.75) is 32.1 Å². The van der Waals surface area contributed by atoms with Gasteiger partial charge in [-0.15, -0.1) is 0 Å². The SMILES string of the molecule is CC(C)N(CC(N)c1cccc(F)c1F)CC(F)(F)F. The number of rotatable bonds is 5. The van der Waals surface area contributed by atoms with E-state index < -0.39 is 36.4 Å².